The van der Waals surface area contributed by atoms with Crippen molar-refractivity contribution in [3.8, 4) is 0 Å². The number of carboxylic acids is 1. The molecular formula is C7H11N3O3. The molecule has 0 saturated carbocycles. The first kappa shape index (κ1) is 11.3. The summed E-state index contributed by atoms with van der Waals surface area (Å²) in [6.45, 7) is 2.00. The van der Waals surface area contributed by atoms with Crippen LogP contribution in [-0.4, -0.2) is 33.9 Å². The van der Waals surface area contributed by atoms with Gasteiger partial charge in [0, 0.05) is 18.3 Å². The van der Waals surface area contributed by atoms with Gasteiger partial charge in [-0.3, -0.25) is 4.79 Å². The minimum Gasteiger partial charge on any atom is -0.480 e. The number of nitrogens with zero attached hydrogens (tertiary/aromatic N) is 1. The van der Waals surface area contributed by atoms with E-state index in [1.54, 1.807) is 6.20 Å². The zero-order valence-corrected chi connectivity index (χ0v) is 6.93. The molecule has 6 nitrogen and oxygen atoms in total. The summed E-state index contributed by atoms with van der Waals surface area (Å²) in [6, 6.07) is -0.851. The lowest BCUT2D eigenvalue weighted by molar-refractivity contribution is -0.138. The molecule has 0 aliphatic carbocycles. The van der Waals surface area contributed by atoms with E-state index < -0.39 is 12.0 Å². The smallest absolute Gasteiger partial charge is 0.320 e. The molecule has 6 heteroatoms. The van der Waals surface area contributed by atoms with Crippen LogP contribution in [0.2, 0.25) is 0 Å². The number of rotatable bonds is 3. The normalized spacial score (nSPS) is 11.2. The fraction of sp³-hybridized carbons (Fsp3) is 0.286. The Balaban J connectivity index is 0.000000671. The van der Waals surface area contributed by atoms with Crippen molar-refractivity contribution in [2.24, 2.45) is 5.73 Å². The van der Waals surface area contributed by atoms with Gasteiger partial charge in [0.05, 0.1) is 6.33 Å². The number of aliphatic carboxylic acids is 1. The minimum absolute atomic E-state index is 0.287. The van der Waals surface area contributed by atoms with Crippen LogP contribution in [0.1, 0.15) is 5.69 Å². The molecular weight excluding hydrogens is 174 g/mol. The lowest BCUT2D eigenvalue weighted by Gasteiger charge is -2.02. The van der Waals surface area contributed by atoms with Gasteiger partial charge in [-0.1, -0.05) is 0 Å². The summed E-state index contributed by atoms with van der Waals surface area (Å²) in [5, 5.41) is 8.42. The third kappa shape index (κ3) is 4.02. The zero-order chi connectivity index (χ0) is 10.3. The summed E-state index contributed by atoms with van der Waals surface area (Å²) in [5.41, 5.74) is 6.00. The molecule has 0 amide bonds. The maximum absolute atomic E-state index is 10.3. The van der Waals surface area contributed by atoms with E-state index in [-0.39, 0.29) is 6.42 Å². The van der Waals surface area contributed by atoms with E-state index in [0.29, 0.717) is 0 Å². The Morgan fingerprint density at radius 3 is 2.77 bits per heavy atom. The average Bonchev–Trinajstić information content (AvgIpc) is 2.60. The number of carbonyl (C=O) groups excluding carboxylic acids is 1. The Labute approximate surface area is 74.8 Å². The number of imidazole rings is 1. The van der Waals surface area contributed by atoms with Crippen LogP contribution in [0.4, 0.5) is 0 Å². The van der Waals surface area contributed by atoms with Crippen LogP contribution in [0.15, 0.2) is 12.5 Å². The lowest BCUT2D eigenvalue weighted by Crippen LogP contribution is -2.32. The highest BCUT2D eigenvalue weighted by atomic mass is 16.4. The quantitative estimate of drug-likeness (QED) is 0.570. The molecule has 0 aromatic carbocycles. The van der Waals surface area contributed by atoms with E-state index in [9.17, 15) is 4.79 Å². The number of carboxylic acid groups (broad SMARTS) is 1. The number of carbonyl (C=O) groups is 2. The van der Waals surface area contributed by atoms with E-state index in [4.69, 9.17) is 15.6 Å². The van der Waals surface area contributed by atoms with Gasteiger partial charge in [0.25, 0.3) is 0 Å². The van der Waals surface area contributed by atoms with E-state index in [1.165, 1.54) is 6.33 Å². The van der Waals surface area contributed by atoms with Crippen molar-refractivity contribution in [1.82, 2.24) is 9.97 Å². The maximum Gasteiger partial charge on any atom is 0.320 e. The molecule has 0 spiro atoms. The van der Waals surface area contributed by atoms with Gasteiger partial charge < -0.3 is 20.6 Å². The largest absolute Gasteiger partial charge is 0.480 e. The monoisotopic (exact) mass is 185 g/mol. The number of hydrogen-bond acceptors (Lipinski definition) is 4. The second kappa shape index (κ2) is 5.90. The van der Waals surface area contributed by atoms with Crippen molar-refractivity contribution < 1.29 is 14.7 Å². The van der Waals surface area contributed by atoms with Crippen molar-refractivity contribution in [2.45, 2.75) is 12.5 Å². The number of aromatic nitrogens is 2. The molecule has 0 fully saturated rings. The van der Waals surface area contributed by atoms with Crippen molar-refractivity contribution in [3.63, 3.8) is 0 Å². The summed E-state index contributed by atoms with van der Waals surface area (Å²) >= 11 is 0. The third-order valence-corrected chi connectivity index (χ3v) is 1.31. The van der Waals surface area contributed by atoms with E-state index in [1.807, 2.05) is 6.79 Å². The molecule has 1 aromatic heterocycles. The molecule has 1 atom stereocenters. The second-order valence-electron chi connectivity index (χ2n) is 2.23. The number of hydrogen-bond donors (Lipinski definition) is 3. The van der Waals surface area contributed by atoms with Crippen LogP contribution in [0.25, 0.3) is 0 Å². The first-order valence-electron chi connectivity index (χ1n) is 3.44. The van der Waals surface area contributed by atoms with Crippen molar-refractivity contribution in [3.05, 3.63) is 18.2 Å². The van der Waals surface area contributed by atoms with Gasteiger partial charge in [0.1, 0.15) is 12.8 Å². The van der Waals surface area contributed by atoms with E-state index >= 15 is 0 Å². The highest BCUT2D eigenvalue weighted by Gasteiger charge is 2.11. The second-order valence-corrected chi connectivity index (χ2v) is 2.23. The summed E-state index contributed by atoms with van der Waals surface area (Å²) in [4.78, 5) is 24.8. The predicted molar refractivity (Wildman–Crippen MR) is 45.0 cm³/mol. The molecule has 13 heavy (non-hydrogen) atoms. The van der Waals surface area contributed by atoms with Crippen molar-refractivity contribution in [1.29, 1.82) is 0 Å². The van der Waals surface area contributed by atoms with Gasteiger partial charge >= 0.3 is 5.97 Å². The number of aromatic amines is 1. The van der Waals surface area contributed by atoms with Gasteiger partial charge in [-0.15, -0.1) is 0 Å². The van der Waals surface area contributed by atoms with Gasteiger partial charge in [0.2, 0.25) is 0 Å². The summed E-state index contributed by atoms with van der Waals surface area (Å²) in [5.74, 6) is -1.00. The van der Waals surface area contributed by atoms with Crippen LogP contribution in [0.3, 0.4) is 0 Å². The van der Waals surface area contributed by atoms with Crippen LogP contribution < -0.4 is 5.73 Å². The zero-order valence-electron chi connectivity index (χ0n) is 6.93. The first-order chi connectivity index (χ1) is 6.20. The lowest BCUT2D eigenvalue weighted by atomic mass is 10.2. The van der Waals surface area contributed by atoms with Crippen LogP contribution in [-0.2, 0) is 16.0 Å². The Hall–Kier alpha value is -1.69. The van der Waals surface area contributed by atoms with Gasteiger partial charge in [-0.2, -0.15) is 0 Å². The molecule has 0 aliphatic rings. The molecule has 1 aromatic rings. The third-order valence-electron chi connectivity index (χ3n) is 1.31. The summed E-state index contributed by atoms with van der Waals surface area (Å²) < 4.78 is 0. The van der Waals surface area contributed by atoms with Crippen LogP contribution in [0.5, 0.6) is 0 Å². The van der Waals surface area contributed by atoms with Crippen LogP contribution >= 0.6 is 0 Å². The number of nitrogens with two attached hydrogens (primary N) is 1. The molecule has 0 aliphatic heterocycles. The highest BCUT2D eigenvalue weighted by Crippen LogP contribution is 1.95. The van der Waals surface area contributed by atoms with Gasteiger partial charge in [-0.25, -0.2) is 4.98 Å². The van der Waals surface area contributed by atoms with E-state index in [0.717, 1.165) is 5.69 Å². The molecule has 72 valence electrons. The fourth-order valence-electron chi connectivity index (χ4n) is 0.721. The maximum atomic E-state index is 10.3. The fourth-order valence-corrected chi connectivity index (χ4v) is 0.721. The molecule has 0 bridgehead atoms. The van der Waals surface area contributed by atoms with Gasteiger partial charge in [-0.05, 0) is 0 Å². The highest BCUT2D eigenvalue weighted by molar-refractivity contribution is 5.73. The van der Waals surface area contributed by atoms with E-state index in [2.05, 4.69) is 9.97 Å². The van der Waals surface area contributed by atoms with Gasteiger partial charge in [0.15, 0.2) is 0 Å². The molecule has 4 N–H and O–H groups in total. The first-order valence-corrected chi connectivity index (χ1v) is 3.44. The number of H-pyrrole nitrogens is 1. The molecule has 0 radical (unpaired) electrons. The molecule has 1 rings (SSSR count). The molecule has 0 unspecified atom stereocenters. The average molecular weight is 185 g/mol. The minimum atomic E-state index is -1.00. The standard InChI is InChI=1S/C6H9N3O2.CH2O/c7-5(6(10)11)1-4-2-8-3-9-4;1-2/h2-3,5H,1,7H2,(H,8,9)(H,10,11);1H2/t5-;/m0./s1. The Morgan fingerprint density at radius 1 is 1.77 bits per heavy atom. The van der Waals surface area contributed by atoms with Crippen molar-refractivity contribution in [2.75, 3.05) is 0 Å². The SMILES string of the molecule is C=O.N[C@@H](Cc1cnc[nH]1)C(=O)O. The summed E-state index contributed by atoms with van der Waals surface area (Å²) in [6.07, 6.45) is 3.34. The molecule has 0 saturated heterocycles. The Morgan fingerprint density at radius 2 is 2.38 bits per heavy atom. The topological polar surface area (TPSA) is 109 Å². The Kier molecular flexibility index (Phi) is 5.13. The molecule has 1 heterocycles. The van der Waals surface area contributed by atoms with Crippen molar-refractivity contribution >= 4 is 12.8 Å². The summed E-state index contributed by atoms with van der Waals surface area (Å²) in [7, 11) is 0. The Bertz CT molecular complexity index is 247. The predicted octanol–water partition coefficient (Wildman–Crippen LogP) is -0.821. The van der Waals surface area contributed by atoms with Crippen LogP contribution in [0, 0.1) is 0 Å². The number of nitrogens with one attached hydrogen (secondary N) is 1.